The number of likely N-dealkylation sites (N-methyl/N-ethyl adjacent to an activating group) is 1. The zero-order valence-electron chi connectivity index (χ0n) is 10.9. The molecule has 3 heteroatoms. The molecule has 0 aliphatic carbocycles. The van der Waals surface area contributed by atoms with Crippen molar-refractivity contribution in [3.63, 3.8) is 0 Å². The van der Waals surface area contributed by atoms with E-state index in [0.717, 1.165) is 12.1 Å². The van der Waals surface area contributed by atoms with E-state index in [1.165, 1.54) is 58.5 Å². The van der Waals surface area contributed by atoms with Crippen molar-refractivity contribution >= 4 is 0 Å². The average molecular weight is 225 g/mol. The predicted octanol–water partition coefficient (Wildman–Crippen LogP) is 1.15. The molecule has 1 N–H and O–H groups in total. The van der Waals surface area contributed by atoms with Crippen molar-refractivity contribution in [1.82, 2.24) is 15.1 Å². The molecular weight excluding hydrogens is 198 g/mol. The normalized spacial score (nSPS) is 33.4. The minimum absolute atomic E-state index is 0.746. The minimum atomic E-state index is 0.746. The molecule has 0 saturated carbocycles. The van der Waals surface area contributed by atoms with Crippen molar-refractivity contribution in [3.8, 4) is 0 Å². The third-order valence-electron chi connectivity index (χ3n) is 4.21. The number of nitrogens with one attached hydrogen (secondary N) is 1. The quantitative estimate of drug-likeness (QED) is 0.774. The first kappa shape index (κ1) is 12.3. The van der Waals surface area contributed by atoms with Gasteiger partial charge in [0.05, 0.1) is 0 Å². The summed E-state index contributed by atoms with van der Waals surface area (Å²) >= 11 is 0. The van der Waals surface area contributed by atoms with Gasteiger partial charge >= 0.3 is 0 Å². The first-order valence-electron chi connectivity index (χ1n) is 6.99. The molecule has 0 amide bonds. The summed E-state index contributed by atoms with van der Waals surface area (Å²) in [6.07, 6.45) is 4.12. The summed E-state index contributed by atoms with van der Waals surface area (Å²) in [5.74, 6) is 0. The third-order valence-corrected chi connectivity index (χ3v) is 4.21. The maximum Gasteiger partial charge on any atom is 0.0195 e. The van der Waals surface area contributed by atoms with Crippen LogP contribution in [0.2, 0.25) is 0 Å². The highest BCUT2D eigenvalue weighted by atomic mass is 15.3. The molecule has 2 saturated heterocycles. The van der Waals surface area contributed by atoms with Gasteiger partial charge in [-0.1, -0.05) is 6.92 Å². The minimum Gasteiger partial charge on any atom is -0.314 e. The number of hydrogen-bond acceptors (Lipinski definition) is 3. The van der Waals surface area contributed by atoms with Gasteiger partial charge in [0.2, 0.25) is 0 Å². The Labute approximate surface area is 100 Å². The van der Waals surface area contributed by atoms with Crippen molar-refractivity contribution in [1.29, 1.82) is 0 Å². The molecular formula is C13H27N3. The Bertz CT molecular complexity index is 201. The maximum absolute atomic E-state index is 3.59. The molecule has 3 nitrogen and oxygen atoms in total. The smallest absolute Gasteiger partial charge is 0.0195 e. The summed E-state index contributed by atoms with van der Waals surface area (Å²) in [5, 5.41) is 3.59. The van der Waals surface area contributed by atoms with Crippen LogP contribution in [0.1, 0.15) is 33.1 Å². The number of nitrogens with zero attached hydrogens (tertiary/aromatic N) is 2. The Kier molecular flexibility index (Phi) is 4.62. The highest BCUT2D eigenvalue weighted by Crippen LogP contribution is 2.13. The Balaban J connectivity index is 1.67. The molecule has 0 spiro atoms. The largest absolute Gasteiger partial charge is 0.314 e. The lowest BCUT2D eigenvalue weighted by Gasteiger charge is -2.39. The van der Waals surface area contributed by atoms with E-state index < -0.39 is 0 Å². The van der Waals surface area contributed by atoms with Crippen molar-refractivity contribution in [3.05, 3.63) is 0 Å². The van der Waals surface area contributed by atoms with Crippen LogP contribution in [0.25, 0.3) is 0 Å². The standard InChI is InChI=1S/C13H27N3/c1-3-16-10-9-15(11-12(16)2)8-6-13-5-4-7-14-13/h12-14H,3-11H2,1-2H3. The predicted molar refractivity (Wildman–Crippen MR) is 68.8 cm³/mol. The molecule has 2 heterocycles. The fourth-order valence-corrected chi connectivity index (χ4v) is 3.09. The Morgan fingerprint density at radius 1 is 1.31 bits per heavy atom. The SMILES string of the molecule is CCN1CCN(CCC2CCCN2)CC1C. The van der Waals surface area contributed by atoms with Gasteiger partial charge in [0.1, 0.15) is 0 Å². The van der Waals surface area contributed by atoms with Crippen molar-refractivity contribution in [2.24, 2.45) is 0 Å². The summed E-state index contributed by atoms with van der Waals surface area (Å²) in [5.41, 5.74) is 0. The van der Waals surface area contributed by atoms with E-state index in [2.05, 4.69) is 29.0 Å². The van der Waals surface area contributed by atoms with Gasteiger partial charge in [-0.15, -0.1) is 0 Å². The van der Waals surface area contributed by atoms with Crippen LogP contribution in [0, 0.1) is 0 Å². The van der Waals surface area contributed by atoms with E-state index in [1.807, 2.05) is 0 Å². The molecule has 2 fully saturated rings. The van der Waals surface area contributed by atoms with Gasteiger partial charge in [-0.25, -0.2) is 0 Å². The van der Waals surface area contributed by atoms with Crippen LogP contribution in [-0.2, 0) is 0 Å². The van der Waals surface area contributed by atoms with Gasteiger partial charge in [-0.3, -0.25) is 4.90 Å². The molecule has 2 aliphatic rings. The Morgan fingerprint density at radius 3 is 2.81 bits per heavy atom. The van der Waals surface area contributed by atoms with E-state index >= 15 is 0 Å². The summed E-state index contributed by atoms with van der Waals surface area (Å²) < 4.78 is 0. The maximum atomic E-state index is 3.59. The molecule has 16 heavy (non-hydrogen) atoms. The van der Waals surface area contributed by atoms with Crippen molar-refractivity contribution in [2.75, 3.05) is 39.3 Å². The van der Waals surface area contributed by atoms with E-state index in [4.69, 9.17) is 0 Å². The van der Waals surface area contributed by atoms with Gasteiger partial charge in [-0.2, -0.15) is 0 Å². The van der Waals surface area contributed by atoms with E-state index in [1.54, 1.807) is 0 Å². The van der Waals surface area contributed by atoms with Gasteiger partial charge in [0.15, 0.2) is 0 Å². The second kappa shape index (κ2) is 5.99. The highest BCUT2D eigenvalue weighted by Gasteiger charge is 2.23. The summed E-state index contributed by atoms with van der Waals surface area (Å²) in [6.45, 7) is 12.2. The third kappa shape index (κ3) is 3.19. The van der Waals surface area contributed by atoms with Gasteiger partial charge in [-0.05, 0) is 45.8 Å². The zero-order chi connectivity index (χ0) is 11.4. The average Bonchev–Trinajstić information content (AvgIpc) is 2.79. The van der Waals surface area contributed by atoms with Gasteiger partial charge in [0.25, 0.3) is 0 Å². The van der Waals surface area contributed by atoms with Gasteiger partial charge < -0.3 is 10.2 Å². The van der Waals surface area contributed by atoms with Crippen LogP contribution < -0.4 is 5.32 Å². The number of hydrogen-bond donors (Lipinski definition) is 1. The number of piperazine rings is 1. The molecule has 2 rings (SSSR count). The lowest BCUT2D eigenvalue weighted by molar-refractivity contribution is 0.0857. The van der Waals surface area contributed by atoms with Crippen LogP contribution in [0.4, 0.5) is 0 Å². The monoisotopic (exact) mass is 225 g/mol. The molecule has 2 atom stereocenters. The molecule has 0 aromatic carbocycles. The molecule has 0 aromatic rings. The molecule has 94 valence electrons. The molecule has 0 radical (unpaired) electrons. The molecule has 0 bridgehead atoms. The van der Waals surface area contributed by atoms with E-state index in [-0.39, 0.29) is 0 Å². The summed E-state index contributed by atoms with van der Waals surface area (Å²) in [7, 11) is 0. The first-order chi connectivity index (χ1) is 7.79. The molecule has 0 aromatic heterocycles. The summed E-state index contributed by atoms with van der Waals surface area (Å²) in [4.78, 5) is 5.24. The second-order valence-corrected chi connectivity index (χ2v) is 5.36. The molecule has 2 aliphatic heterocycles. The topological polar surface area (TPSA) is 18.5 Å². The highest BCUT2D eigenvalue weighted by molar-refractivity contribution is 4.81. The van der Waals surface area contributed by atoms with Crippen LogP contribution >= 0.6 is 0 Å². The Morgan fingerprint density at radius 2 is 2.19 bits per heavy atom. The number of rotatable bonds is 4. The fraction of sp³-hybridized carbons (Fsp3) is 1.00. The lowest BCUT2D eigenvalue weighted by atomic mass is 10.1. The van der Waals surface area contributed by atoms with E-state index in [9.17, 15) is 0 Å². The fourth-order valence-electron chi connectivity index (χ4n) is 3.09. The summed E-state index contributed by atoms with van der Waals surface area (Å²) in [6, 6.07) is 1.55. The van der Waals surface area contributed by atoms with Crippen LogP contribution in [0.15, 0.2) is 0 Å². The first-order valence-corrected chi connectivity index (χ1v) is 6.99. The lowest BCUT2D eigenvalue weighted by Crippen LogP contribution is -2.52. The Hall–Kier alpha value is -0.120. The van der Waals surface area contributed by atoms with E-state index in [0.29, 0.717) is 0 Å². The second-order valence-electron chi connectivity index (χ2n) is 5.36. The van der Waals surface area contributed by atoms with Crippen LogP contribution in [0.5, 0.6) is 0 Å². The van der Waals surface area contributed by atoms with Crippen molar-refractivity contribution in [2.45, 2.75) is 45.2 Å². The van der Waals surface area contributed by atoms with Crippen LogP contribution in [-0.4, -0.2) is 61.2 Å². The zero-order valence-corrected chi connectivity index (χ0v) is 10.9. The molecule has 2 unspecified atom stereocenters. The van der Waals surface area contributed by atoms with Gasteiger partial charge in [0, 0.05) is 31.7 Å². The van der Waals surface area contributed by atoms with Crippen molar-refractivity contribution < 1.29 is 0 Å². The van der Waals surface area contributed by atoms with Crippen LogP contribution in [0.3, 0.4) is 0 Å².